The molecule has 0 aliphatic carbocycles. The molecule has 0 saturated heterocycles. The van der Waals surface area contributed by atoms with Gasteiger partial charge in [-0.05, 0) is 25.5 Å². The lowest BCUT2D eigenvalue weighted by Gasteiger charge is -2.07. The van der Waals surface area contributed by atoms with Gasteiger partial charge < -0.3 is 9.30 Å². The van der Waals surface area contributed by atoms with Crippen molar-refractivity contribution in [3.63, 3.8) is 0 Å². The summed E-state index contributed by atoms with van der Waals surface area (Å²) in [5, 5.41) is 0. The summed E-state index contributed by atoms with van der Waals surface area (Å²) in [6.07, 6.45) is 2.89. The van der Waals surface area contributed by atoms with Crippen molar-refractivity contribution in [3.8, 4) is 0 Å². The van der Waals surface area contributed by atoms with Crippen LogP contribution in [0.3, 0.4) is 0 Å². The number of hydrogen-bond acceptors (Lipinski definition) is 2. The summed E-state index contributed by atoms with van der Waals surface area (Å²) in [7, 11) is 0. The number of hydrogen-bond donors (Lipinski definition) is 0. The highest BCUT2D eigenvalue weighted by molar-refractivity contribution is 5.78. The molecule has 0 radical (unpaired) electrons. The van der Waals surface area contributed by atoms with Crippen LogP contribution in [0, 0.1) is 0 Å². The van der Waals surface area contributed by atoms with E-state index in [4.69, 9.17) is 4.74 Å². The molecule has 1 aliphatic heterocycles. The number of esters is 1. The van der Waals surface area contributed by atoms with Crippen molar-refractivity contribution in [1.82, 2.24) is 4.57 Å². The summed E-state index contributed by atoms with van der Waals surface area (Å²) in [4.78, 5) is 11.5. The highest BCUT2D eigenvalue weighted by Crippen LogP contribution is 2.29. The molecule has 70 valence electrons. The predicted octanol–water partition coefficient (Wildman–Crippen LogP) is 1.54. The van der Waals surface area contributed by atoms with E-state index in [-0.39, 0.29) is 11.9 Å². The minimum Gasteiger partial charge on any atom is -0.465 e. The summed E-state index contributed by atoms with van der Waals surface area (Å²) in [6.45, 7) is 3.24. The van der Waals surface area contributed by atoms with Crippen LogP contribution >= 0.6 is 0 Å². The Morgan fingerprint density at radius 3 is 3.38 bits per heavy atom. The maximum Gasteiger partial charge on any atom is 0.315 e. The van der Waals surface area contributed by atoms with E-state index in [0.29, 0.717) is 6.61 Å². The zero-order valence-corrected chi connectivity index (χ0v) is 7.69. The molecule has 0 spiro atoms. The highest BCUT2D eigenvalue weighted by Gasteiger charge is 2.29. The lowest BCUT2D eigenvalue weighted by atomic mass is 10.1. The molecule has 2 heterocycles. The van der Waals surface area contributed by atoms with Crippen LogP contribution in [-0.4, -0.2) is 17.1 Å². The third kappa shape index (κ3) is 1.34. The van der Waals surface area contributed by atoms with Gasteiger partial charge >= 0.3 is 5.97 Å². The molecule has 0 bridgehead atoms. The molecule has 0 fully saturated rings. The van der Waals surface area contributed by atoms with Gasteiger partial charge in [0.15, 0.2) is 0 Å². The van der Waals surface area contributed by atoms with Crippen LogP contribution in [0.1, 0.15) is 25.0 Å². The zero-order valence-electron chi connectivity index (χ0n) is 7.69. The van der Waals surface area contributed by atoms with Crippen molar-refractivity contribution >= 4 is 5.97 Å². The van der Waals surface area contributed by atoms with Crippen LogP contribution < -0.4 is 0 Å². The zero-order chi connectivity index (χ0) is 9.26. The van der Waals surface area contributed by atoms with Gasteiger partial charge in [0.05, 0.1) is 12.5 Å². The minimum absolute atomic E-state index is 0.0325. The summed E-state index contributed by atoms with van der Waals surface area (Å²) in [6, 6.07) is 3.97. The Balaban J connectivity index is 2.16. The average molecular weight is 179 g/mol. The fourth-order valence-electron chi connectivity index (χ4n) is 1.84. The van der Waals surface area contributed by atoms with Gasteiger partial charge in [0, 0.05) is 18.4 Å². The SMILES string of the molecule is CCOC(=O)C1CCn2cccc21. The summed E-state index contributed by atoms with van der Waals surface area (Å²) in [5.74, 6) is -0.116. The van der Waals surface area contributed by atoms with Crippen molar-refractivity contribution in [2.45, 2.75) is 25.8 Å². The molecule has 13 heavy (non-hydrogen) atoms. The predicted molar refractivity (Wildman–Crippen MR) is 48.4 cm³/mol. The summed E-state index contributed by atoms with van der Waals surface area (Å²) < 4.78 is 7.11. The van der Waals surface area contributed by atoms with E-state index in [0.717, 1.165) is 18.7 Å². The Bertz CT molecular complexity index is 316. The summed E-state index contributed by atoms with van der Waals surface area (Å²) in [5.41, 5.74) is 1.10. The van der Waals surface area contributed by atoms with Crippen molar-refractivity contribution in [1.29, 1.82) is 0 Å². The maximum absolute atomic E-state index is 11.5. The van der Waals surface area contributed by atoms with Crippen LogP contribution in [0.25, 0.3) is 0 Å². The second kappa shape index (κ2) is 3.24. The molecule has 0 N–H and O–H groups in total. The molecule has 3 nitrogen and oxygen atoms in total. The van der Waals surface area contributed by atoms with Gasteiger partial charge in [-0.25, -0.2) is 0 Å². The van der Waals surface area contributed by atoms with Crippen LogP contribution in [-0.2, 0) is 16.1 Å². The fourth-order valence-corrected chi connectivity index (χ4v) is 1.84. The van der Waals surface area contributed by atoms with Gasteiger partial charge in [0.1, 0.15) is 0 Å². The van der Waals surface area contributed by atoms with Crippen LogP contribution in [0.2, 0.25) is 0 Å². The number of ether oxygens (including phenoxy) is 1. The average Bonchev–Trinajstić information content (AvgIpc) is 2.62. The van der Waals surface area contributed by atoms with E-state index in [9.17, 15) is 4.79 Å². The smallest absolute Gasteiger partial charge is 0.315 e. The molecule has 0 saturated carbocycles. The van der Waals surface area contributed by atoms with Crippen molar-refractivity contribution in [3.05, 3.63) is 24.0 Å². The normalized spacial score (nSPS) is 19.9. The maximum atomic E-state index is 11.5. The number of fused-ring (bicyclic) bond motifs is 1. The van der Waals surface area contributed by atoms with Gasteiger partial charge in [0.25, 0.3) is 0 Å². The minimum atomic E-state index is -0.0834. The first-order valence-corrected chi connectivity index (χ1v) is 4.64. The molecule has 2 rings (SSSR count). The highest BCUT2D eigenvalue weighted by atomic mass is 16.5. The van der Waals surface area contributed by atoms with Crippen molar-refractivity contribution in [2.24, 2.45) is 0 Å². The van der Waals surface area contributed by atoms with Crippen LogP contribution in [0.5, 0.6) is 0 Å². The van der Waals surface area contributed by atoms with E-state index in [2.05, 4.69) is 4.57 Å². The van der Waals surface area contributed by atoms with E-state index in [1.807, 2.05) is 25.3 Å². The quantitative estimate of drug-likeness (QED) is 0.645. The molecular weight excluding hydrogens is 166 g/mol. The first-order valence-electron chi connectivity index (χ1n) is 4.64. The topological polar surface area (TPSA) is 31.2 Å². The van der Waals surface area contributed by atoms with Gasteiger partial charge in [-0.2, -0.15) is 0 Å². The number of nitrogens with zero attached hydrogens (tertiary/aromatic N) is 1. The monoisotopic (exact) mass is 179 g/mol. The molecule has 1 aliphatic rings. The number of carbonyl (C=O) groups excluding carboxylic acids is 1. The largest absolute Gasteiger partial charge is 0.465 e. The third-order valence-electron chi connectivity index (χ3n) is 2.45. The summed E-state index contributed by atoms with van der Waals surface area (Å²) >= 11 is 0. The standard InChI is InChI=1S/C10H13NO2/c1-2-13-10(12)8-5-7-11-6-3-4-9(8)11/h3-4,6,8H,2,5,7H2,1H3. The third-order valence-corrected chi connectivity index (χ3v) is 2.45. The van der Waals surface area contributed by atoms with Crippen LogP contribution in [0.4, 0.5) is 0 Å². The van der Waals surface area contributed by atoms with E-state index in [1.54, 1.807) is 0 Å². The molecule has 0 amide bonds. The number of aryl methyl sites for hydroxylation is 1. The molecule has 1 unspecified atom stereocenters. The molecule has 0 aromatic carbocycles. The van der Waals surface area contributed by atoms with Crippen molar-refractivity contribution < 1.29 is 9.53 Å². The van der Waals surface area contributed by atoms with Crippen molar-refractivity contribution in [2.75, 3.05) is 6.61 Å². The Labute approximate surface area is 77.3 Å². The van der Waals surface area contributed by atoms with Gasteiger partial charge in [-0.1, -0.05) is 0 Å². The van der Waals surface area contributed by atoms with Gasteiger partial charge in [0.2, 0.25) is 0 Å². The Hall–Kier alpha value is -1.25. The van der Waals surface area contributed by atoms with E-state index in [1.165, 1.54) is 0 Å². The Morgan fingerprint density at radius 1 is 1.77 bits per heavy atom. The van der Waals surface area contributed by atoms with Gasteiger partial charge in [-0.15, -0.1) is 0 Å². The second-order valence-corrected chi connectivity index (χ2v) is 3.22. The molecule has 1 atom stereocenters. The lowest BCUT2D eigenvalue weighted by molar-refractivity contribution is -0.144. The lowest BCUT2D eigenvalue weighted by Crippen LogP contribution is -2.13. The Kier molecular flexibility index (Phi) is 2.08. The molecule has 3 heteroatoms. The number of carbonyl (C=O) groups is 1. The molecule has 1 aromatic rings. The van der Waals surface area contributed by atoms with E-state index >= 15 is 0 Å². The molecular formula is C10H13NO2. The van der Waals surface area contributed by atoms with Crippen LogP contribution in [0.15, 0.2) is 18.3 Å². The first kappa shape index (κ1) is 8.35. The second-order valence-electron chi connectivity index (χ2n) is 3.22. The molecule has 1 aromatic heterocycles. The fraction of sp³-hybridized carbons (Fsp3) is 0.500. The number of aromatic nitrogens is 1. The van der Waals surface area contributed by atoms with Gasteiger partial charge in [-0.3, -0.25) is 4.79 Å². The van der Waals surface area contributed by atoms with E-state index < -0.39 is 0 Å². The first-order chi connectivity index (χ1) is 6.33. The Morgan fingerprint density at radius 2 is 2.62 bits per heavy atom. The number of rotatable bonds is 2.